The summed E-state index contributed by atoms with van der Waals surface area (Å²) in [6, 6.07) is 38.3. The molecule has 1 aliphatic rings. The van der Waals surface area contributed by atoms with Crippen molar-refractivity contribution in [2.24, 2.45) is 0 Å². The summed E-state index contributed by atoms with van der Waals surface area (Å²) in [5.74, 6) is 1.79. The van der Waals surface area contributed by atoms with E-state index in [1.165, 1.54) is 24.3 Å². The van der Waals surface area contributed by atoms with E-state index in [2.05, 4.69) is 0 Å². The van der Waals surface area contributed by atoms with Crippen LogP contribution in [0, 0.1) is 5.82 Å². The van der Waals surface area contributed by atoms with Gasteiger partial charge < -0.3 is 18.9 Å². The maximum Gasteiger partial charge on any atom is 0.415 e. The lowest BCUT2D eigenvalue weighted by Gasteiger charge is -2.24. The van der Waals surface area contributed by atoms with Gasteiger partial charge in [-0.1, -0.05) is 67.6 Å². The molecule has 0 aromatic heterocycles. The monoisotopic (exact) mass is 633 g/mol. The van der Waals surface area contributed by atoms with Crippen LogP contribution in [0.3, 0.4) is 0 Å². The van der Waals surface area contributed by atoms with Crippen molar-refractivity contribution < 1.29 is 32.9 Å². The summed E-state index contributed by atoms with van der Waals surface area (Å²) in [6.07, 6.45) is 0.0645. The van der Waals surface area contributed by atoms with E-state index in [0.717, 1.165) is 28.1 Å². The highest BCUT2D eigenvalue weighted by atomic mass is 19.1. The van der Waals surface area contributed by atoms with Crippen LogP contribution in [0.2, 0.25) is 0 Å². The van der Waals surface area contributed by atoms with Gasteiger partial charge in [0.05, 0.1) is 7.11 Å². The standard InChI is InChI=1S/C30H27NO5.C9H9FO/c1-33-25-14-12-24(13-15-25)31-28(21-36-30(31)32)27-17-16-26(34-19-22-8-4-2-5-9-22)18-29(27)35-20-23-10-6-3-7-11-23;1-2-9(11)7-3-5-8(10)6-4-7/h2-18,28H,19-21H2,1H3;3-6H,2H2,1H3. The minimum absolute atomic E-state index is 0.0463. The molecule has 7 nitrogen and oxygen atoms in total. The summed E-state index contributed by atoms with van der Waals surface area (Å²) in [7, 11) is 1.61. The number of hydrogen-bond acceptors (Lipinski definition) is 6. The molecule has 0 saturated carbocycles. The fourth-order valence-corrected chi connectivity index (χ4v) is 5.00. The van der Waals surface area contributed by atoms with Gasteiger partial charge in [-0.05, 0) is 71.8 Å². The maximum atomic E-state index is 12.7. The maximum absolute atomic E-state index is 12.7. The molecule has 47 heavy (non-hydrogen) atoms. The lowest BCUT2D eigenvalue weighted by Crippen LogP contribution is -2.27. The number of cyclic esters (lactones) is 1. The summed E-state index contributed by atoms with van der Waals surface area (Å²) in [5.41, 5.74) is 4.27. The van der Waals surface area contributed by atoms with Crippen LogP contribution in [0.25, 0.3) is 0 Å². The molecule has 0 aliphatic carbocycles. The molecule has 5 aromatic carbocycles. The molecular formula is C39H36FNO6. The SMILES string of the molecule is CCC(=O)c1ccc(F)cc1.COc1ccc(N2C(=O)OCC2c2ccc(OCc3ccccc3)cc2OCc2ccccc2)cc1. The number of hydrogen-bond donors (Lipinski definition) is 0. The number of methoxy groups -OCH3 is 1. The fraction of sp³-hybridized carbons (Fsp3) is 0.179. The van der Waals surface area contributed by atoms with Crippen LogP contribution >= 0.6 is 0 Å². The number of carbonyl (C=O) groups is 2. The van der Waals surface area contributed by atoms with Crippen LogP contribution in [-0.2, 0) is 18.0 Å². The Labute approximate surface area is 274 Å². The summed E-state index contributed by atoms with van der Waals surface area (Å²) < 4.78 is 35.4. The number of carbonyl (C=O) groups excluding carboxylic acids is 2. The predicted molar refractivity (Wildman–Crippen MR) is 179 cm³/mol. The Bertz CT molecular complexity index is 1750. The molecule has 1 heterocycles. The van der Waals surface area contributed by atoms with Gasteiger partial charge in [0.15, 0.2) is 5.78 Å². The Morgan fingerprint density at radius 1 is 0.787 bits per heavy atom. The Morgan fingerprint density at radius 3 is 1.98 bits per heavy atom. The van der Waals surface area contributed by atoms with Crippen molar-refractivity contribution >= 4 is 17.6 Å². The van der Waals surface area contributed by atoms with Crippen molar-refractivity contribution in [2.45, 2.75) is 32.6 Å². The average Bonchev–Trinajstić information content (AvgIpc) is 3.51. The van der Waals surface area contributed by atoms with Crippen LogP contribution in [0.1, 0.15) is 46.4 Å². The molecule has 240 valence electrons. The highest BCUT2D eigenvalue weighted by molar-refractivity contribution is 5.95. The topological polar surface area (TPSA) is 74.3 Å². The molecule has 1 atom stereocenters. The second kappa shape index (κ2) is 16.1. The average molecular weight is 634 g/mol. The number of anilines is 1. The van der Waals surface area contributed by atoms with Crippen molar-refractivity contribution in [2.75, 3.05) is 18.6 Å². The largest absolute Gasteiger partial charge is 0.497 e. The molecule has 0 bridgehead atoms. The highest BCUT2D eigenvalue weighted by Crippen LogP contribution is 2.39. The quantitative estimate of drug-likeness (QED) is 0.135. The lowest BCUT2D eigenvalue weighted by atomic mass is 10.0. The molecule has 5 aromatic rings. The van der Waals surface area contributed by atoms with Gasteiger partial charge in [-0.3, -0.25) is 9.69 Å². The number of rotatable bonds is 11. The third kappa shape index (κ3) is 8.76. The van der Waals surface area contributed by atoms with Gasteiger partial charge in [0.1, 0.15) is 48.9 Å². The van der Waals surface area contributed by atoms with Crippen molar-refractivity contribution in [1.29, 1.82) is 0 Å². The van der Waals surface area contributed by atoms with Gasteiger partial charge in [0.25, 0.3) is 0 Å². The molecule has 0 N–H and O–H groups in total. The van der Waals surface area contributed by atoms with Gasteiger partial charge >= 0.3 is 6.09 Å². The molecule has 8 heteroatoms. The van der Waals surface area contributed by atoms with Gasteiger partial charge in [-0.25, -0.2) is 9.18 Å². The van der Waals surface area contributed by atoms with E-state index in [-0.39, 0.29) is 24.2 Å². The summed E-state index contributed by atoms with van der Waals surface area (Å²) in [5, 5.41) is 0. The molecule has 1 fully saturated rings. The first-order chi connectivity index (χ1) is 22.9. The summed E-state index contributed by atoms with van der Waals surface area (Å²) >= 11 is 0. The molecular weight excluding hydrogens is 597 g/mol. The number of amides is 1. The number of Topliss-reactive ketones (excluding diaryl/α,β-unsaturated/α-hetero) is 1. The second-order valence-corrected chi connectivity index (χ2v) is 10.7. The van der Waals surface area contributed by atoms with Crippen LogP contribution < -0.4 is 19.1 Å². The summed E-state index contributed by atoms with van der Waals surface area (Å²) in [6.45, 7) is 2.84. The molecule has 1 saturated heterocycles. The normalized spacial score (nSPS) is 13.6. The van der Waals surface area contributed by atoms with Gasteiger partial charge in [-0.2, -0.15) is 0 Å². The Morgan fingerprint density at radius 2 is 1.38 bits per heavy atom. The smallest absolute Gasteiger partial charge is 0.415 e. The highest BCUT2D eigenvalue weighted by Gasteiger charge is 2.37. The van der Waals surface area contributed by atoms with Crippen LogP contribution in [0.15, 0.2) is 127 Å². The Hall–Kier alpha value is -5.63. The number of halogens is 1. The first-order valence-corrected chi connectivity index (χ1v) is 15.3. The van der Waals surface area contributed by atoms with Gasteiger partial charge in [0, 0.05) is 29.3 Å². The van der Waals surface area contributed by atoms with E-state index in [1.807, 2.05) is 103 Å². The van der Waals surface area contributed by atoms with E-state index in [9.17, 15) is 14.0 Å². The van der Waals surface area contributed by atoms with E-state index in [1.54, 1.807) is 18.9 Å². The van der Waals surface area contributed by atoms with Gasteiger partial charge in [-0.15, -0.1) is 0 Å². The number of benzene rings is 5. The van der Waals surface area contributed by atoms with E-state index >= 15 is 0 Å². The predicted octanol–water partition coefficient (Wildman–Crippen LogP) is 8.97. The van der Waals surface area contributed by atoms with E-state index in [4.69, 9.17) is 18.9 Å². The number of ether oxygens (including phenoxy) is 4. The van der Waals surface area contributed by atoms with Crippen LogP contribution in [-0.4, -0.2) is 25.6 Å². The fourth-order valence-electron chi connectivity index (χ4n) is 5.00. The van der Waals surface area contributed by atoms with E-state index < -0.39 is 6.09 Å². The van der Waals surface area contributed by atoms with Crippen molar-refractivity contribution in [3.63, 3.8) is 0 Å². The zero-order chi connectivity index (χ0) is 33.0. The van der Waals surface area contributed by atoms with Crippen molar-refractivity contribution in [1.82, 2.24) is 0 Å². The van der Waals surface area contributed by atoms with Crippen LogP contribution in [0.5, 0.6) is 17.2 Å². The minimum Gasteiger partial charge on any atom is -0.497 e. The van der Waals surface area contributed by atoms with Crippen LogP contribution in [0.4, 0.5) is 14.9 Å². The van der Waals surface area contributed by atoms with Crippen molar-refractivity contribution in [3.05, 3.63) is 155 Å². The van der Waals surface area contributed by atoms with Gasteiger partial charge in [0.2, 0.25) is 0 Å². The van der Waals surface area contributed by atoms with E-state index in [0.29, 0.717) is 36.7 Å². The zero-order valence-electron chi connectivity index (χ0n) is 26.3. The number of nitrogens with zero attached hydrogens (tertiary/aromatic N) is 1. The number of ketones is 1. The summed E-state index contributed by atoms with van der Waals surface area (Å²) in [4.78, 5) is 25.4. The molecule has 1 amide bonds. The lowest BCUT2D eigenvalue weighted by molar-refractivity contribution is 0.0988. The van der Waals surface area contributed by atoms with Crippen molar-refractivity contribution in [3.8, 4) is 17.2 Å². The third-order valence-electron chi connectivity index (χ3n) is 7.54. The molecule has 6 rings (SSSR count). The Balaban J connectivity index is 0.000000335. The first-order valence-electron chi connectivity index (χ1n) is 15.3. The zero-order valence-corrected chi connectivity index (χ0v) is 26.3. The molecule has 0 spiro atoms. The first kappa shape index (κ1) is 32.8. The second-order valence-electron chi connectivity index (χ2n) is 10.7. The minimum atomic E-state index is -0.399. The molecule has 1 unspecified atom stereocenters. The molecule has 1 aliphatic heterocycles. The third-order valence-corrected chi connectivity index (χ3v) is 7.54. The Kier molecular flexibility index (Phi) is 11.2. The molecule has 0 radical (unpaired) electrons.